The Morgan fingerprint density at radius 3 is 2.43 bits per heavy atom. The molecule has 0 unspecified atom stereocenters. The van der Waals surface area contributed by atoms with E-state index < -0.39 is 6.09 Å². The highest BCUT2D eigenvalue weighted by Gasteiger charge is 2.35. The molecule has 1 N–H and O–H groups in total. The molecule has 2 aliphatic heterocycles. The molecular formula is C35H39ClFN3O2. The number of ether oxygens (including phenoxy) is 1. The average molecular weight is 588 g/mol. The van der Waals surface area contributed by atoms with Crippen LogP contribution in [-0.2, 0) is 12.8 Å². The Labute approximate surface area is 252 Å². The van der Waals surface area contributed by atoms with Gasteiger partial charge in [-0.1, -0.05) is 55.1 Å². The third-order valence-electron chi connectivity index (χ3n) is 8.78. The van der Waals surface area contributed by atoms with Crippen LogP contribution in [0.5, 0.6) is 5.75 Å². The van der Waals surface area contributed by atoms with Crippen molar-refractivity contribution in [2.45, 2.75) is 63.8 Å². The SMILES string of the molecule is O=C(Oc1ccc(F)cc1)N1CCc2c([nH]c3ccc(Cl)cc23)[C@@H]1c1ccc(CCCCCCCN2CCCC2)cc1. The molecule has 3 heterocycles. The first-order chi connectivity index (χ1) is 20.5. The summed E-state index contributed by atoms with van der Waals surface area (Å²) in [7, 11) is 0. The fraction of sp³-hybridized carbons (Fsp3) is 0.400. The predicted molar refractivity (Wildman–Crippen MR) is 167 cm³/mol. The van der Waals surface area contributed by atoms with Crippen LogP contribution in [0.3, 0.4) is 0 Å². The van der Waals surface area contributed by atoms with Crippen LogP contribution < -0.4 is 4.74 Å². The van der Waals surface area contributed by atoms with E-state index in [4.69, 9.17) is 16.3 Å². The summed E-state index contributed by atoms with van der Waals surface area (Å²) in [4.78, 5) is 21.4. The Kier molecular flexibility index (Phi) is 9.11. The number of H-pyrrole nitrogens is 1. The minimum absolute atomic E-state index is 0.320. The highest BCUT2D eigenvalue weighted by Crippen LogP contribution is 2.39. The van der Waals surface area contributed by atoms with E-state index in [1.165, 1.54) is 100.0 Å². The summed E-state index contributed by atoms with van der Waals surface area (Å²) in [6.45, 7) is 4.35. The van der Waals surface area contributed by atoms with Crippen molar-refractivity contribution in [1.82, 2.24) is 14.8 Å². The lowest BCUT2D eigenvalue weighted by molar-refractivity contribution is 0.135. The first-order valence-corrected chi connectivity index (χ1v) is 15.8. The molecule has 5 nitrogen and oxygen atoms in total. The van der Waals surface area contributed by atoms with E-state index in [0.29, 0.717) is 23.7 Å². The van der Waals surface area contributed by atoms with Gasteiger partial charge in [0.1, 0.15) is 17.6 Å². The van der Waals surface area contributed by atoms with E-state index in [1.54, 1.807) is 4.90 Å². The van der Waals surface area contributed by atoms with Crippen LogP contribution in [0.2, 0.25) is 5.02 Å². The monoisotopic (exact) mass is 587 g/mol. The number of unbranched alkanes of at least 4 members (excludes halogenated alkanes) is 4. The van der Waals surface area contributed by atoms with Crippen LogP contribution in [0.15, 0.2) is 66.7 Å². The average Bonchev–Trinajstić information content (AvgIpc) is 3.65. The van der Waals surface area contributed by atoms with Crippen molar-refractivity contribution in [3.63, 3.8) is 0 Å². The molecule has 1 saturated heterocycles. The number of likely N-dealkylation sites (tertiary alicyclic amines) is 1. The van der Waals surface area contributed by atoms with Gasteiger partial charge in [0.15, 0.2) is 0 Å². The maximum Gasteiger partial charge on any atom is 0.416 e. The van der Waals surface area contributed by atoms with E-state index in [2.05, 4.69) is 34.1 Å². The molecule has 0 aliphatic carbocycles. The number of carbonyl (C=O) groups is 1. The van der Waals surface area contributed by atoms with Gasteiger partial charge in [0.05, 0.1) is 0 Å². The summed E-state index contributed by atoms with van der Waals surface area (Å²) in [6.07, 6.45) is 10.4. The van der Waals surface area contributed by atoms with Gasteiger partial charge in [0.2, 0.25) is 0 Å². The van der Waals surface area contributed by atoms with Crippen molar-refractivity contribution in [1.29, 1.82) is 0 Å². The Morgan fingerprint density at radius 2 is 1.64 bits per heavy atom. The number of nitrogens with zero attached hydrogens (tertiary/aromatic N) is 2. The fourth-order valence-corrected chi connectivity index (χ4v) is 6.71. The molecule has 0 spiro atoms. The van der Waals surface area contributed by atoms with Gasteiger partial charge < -0.3 is 14.6 Å². The predicted octanol–water partition coefficient (Wildman–Crippen LogP) is 8.70. The highest BCUT2D eigenvalue weighted by atomic mass is 35.5. The van der Waals surface area contributed by atoms with E-state index >= 15 is 0 Å². The maximum atomic E-state index is 13.5. The van der Waals surface area contributed by atoms with E-state index in [-0.39, 0.29) is 11.9 Å². The second-order valence-corrected chi connectivity index (χ2v) is 12.1. The Hall–Kier alpha value is -3.35. The zero-order chi connectivity index (χ0) is 28.9. The number of fused-ring (bicyclic) bond motifs is 3. The molecule has 2 aliphatic rings. The molecule has 4 aromatic rings. The van der Waals surface area contributed by atoms with Gasteiger partial charge in [-0.15, -0.1) is 0 Å². The standard InChI is InChI=1S/C35H39ClFN3O2/c36-27-13-18-32-31(24-27)30-19-23-40(35(41)42-29-16-14-28(37)15-17-29)34(33(30)38-32)26-11-9-25(10-12-26)8-4-2-1-3-5-20-39-21-6-7-22-39/h9-18,24,34,38H,1-8,19-23H2/t34-/m0/s1. The van der Waals surface area contributed by atoms with Crippen LogP contribution in [0, 0.1) is 5.82 Å². The third-order valence-corrected chi connectivity index (χ3v) is 9.01. The normalized spacial score (nSPS) is 17.1. The number of benzene rings is 3. The lowest BCUT2D eigenvalue weighted by Gasteiger charge is -2.35. The molecule has 1 fully saturated rings. The summed E-state index contributed by atoms with van der Waals surface area (Å²) in [5.41, 5.74) is 5.50. The van der Waals surface area contributed by atoms with Crippen molar-refractivity contribution < 1.29 is 13.9 Å². The molecule has 7 heteroatoms. The van der Waals surface area contributed by atoms with Gasteiger partial charge in [0, 0.05) is 28.2 Å². The summed E-state index contributed by atoms with van der Waals surface area (Å²) in [5, 5.41) is 1.78. The summed E-state index contributed by atoms with van der Waals surface area (Å²) in [5.74, 6) is -0.0506. The first-order valence-electron chi connectivity index (χ1n) is 15.4. The van der Waals surface area contributed by atoms with E-state index in [0.717, 1.165) is 28.6 Å². The molecule has 0 bridgehead atoms. The van der Waals surface area contributed by atoms with Crippen molar-refractivity contribution in [2.24, 2.45) is 0 Å². The van der Waals surface area contributed by atoms with Crippen molar-refractivity contribution in [3.8, 4) is 5.75 Å². The van der Waals surface area contributed by atoms with Crippen molar-refractivity contribution in [2.75, 3.05) is 26.2 Å². The zero-order valence-electron chi connectivity index (χ0n) is 24.1. The van der Waals surface area contributed by atoms with Crippen molar-refractivity contribution in [3.05, 3.63) is 100.0 Å². The summed E-state index contributed by atoms with van der Waals surface area (Å²) in [6, 6.07) is 19.7. The number of hydrogen-bond acceptors (Lipinski definition) is 3. The lowest BCUT2D eigenvalue weighted by atomic mass is 9.92. The molecule has 220 valence electrons. The number of aromatic nitrogens is 1. The number of carbonyl (C=O) groups excluding carboxylic acids is 1. The number of hydrogen-bond donors (Lipinski definition) is 1. The van der Waals surface area contributed by atoms with Crippen LogP contribution in [-0.4, -0.2) is 47.1 Å². The number of halogens is 2. The van der Waals surface area contributed by atoms with Gasteiger partial charge in [-0.2, -0.15) is 0 Å². The van der Waals surface area contributed by atoms with Gasteiger partial charge in [-0.05, 0) is 117 Å². The number of rotatable bonds is 10. The molecule has 6 rings (SSSR count). The summed E-state index contributed by atoms with van der Waals surface area (Å²) >= 11 is 6.35. The molecule has 3 aromatic carbocycles. The summed E-state index contributed by atoms with van der Waals surface area (Å²) < 4.78 is 19.1. The minimum Gasteiger partial charge on any atom is -0.410 e. The zero-order valence-corrected chi connectivity index (χ0v) is 24.8. The fourth-order valence-electron chi connectivity index (χ4n) is 6.53. The van der Waals surface area contributed by atoms with Gasteiger partial charge in [-0.25, -0.2) is 9.18 Å². The smallest absolute Gasteiger partial charge is 0.410 e. The molecular weight excluding hydrogens is 549 g/mol. The van der Waals surface area contributed by atoms with Crippen LogP contribution in [0.4, 0.5) is 9.18 Å². The third kappa shape index (κ3) is 6.66. The van der Waals surface area contributed by atoms with Crippen LogP contribution in [0.25, 0.3) is 10.9 Å². The quantitative estimate of drug-likeness (QED) is 0.189. The Bertz CT molecular complexity index is 1500. The van der Waals surface area contributed by atoms with Gasteiger partial charge in [-0.3, -0.25) is 4.90 Å². The molecule has 0 saturated carbocycles. The van der Waals surface area contributed by atoms with Gasteiger partial charge in [0.25, 0.3) is 0 Å². The first kappa shape index (κ1) is 28.8. The second-order valence-electron chi connectivity index (χ2n) is 11.7. The molecule has 0 radical (unpaired) electrons. The van der Waals surface area contributed by atoms with Crippen molar-refractivity contribution >= 4 is 28.6 Å². The van der Waals surface area contributed by atoms with E-state index in [9.17, 15) is 9.18 Å². The molecule has 42 heavy (non-hydrogen) atoms. The van der Waals surface area contributed by atoms with E-state index in [1.807, 2.05) is 18.2 Å². The number of amides is 1. The number of nitrogens with one attached hydrogen (secondary N) is 1. The molecule has 1 atom stereocenters. The topological polar surface area (TPSA) is 48.6 Å². The second kappa shape index (κ2) is 13.3. The van der Waals surface area contributed by atoms with Gasteiger partial charge >= 0.3 is 6.09 Å². The molecule has 1 aromatic heterocycles. The minimum atomic E-state index is -0.456. The Morgan fingerprint density at radius 1 is 0.905 bits per heavy atom. The Balaban J connectivity index is 1.14. The lowest BCUT2D eigenvalue weighted by Crippen LogP contribution is -2.42. The van der Waals surface area contributed by atoms with Crippen LogP contribution >= 0.6 is 11.6 Å². The number of aromatic amines is 1. The largest absolute Gasteiger partial charge is 0.416 e. The molecule has 1 amide bonds. The number of aryl methyl sites for hydroxylation is 1. The maximum absolute atomic E-state index is 13.5. The van der Waals surface area contributed by atoms with Crippen LogP contribution in [0.1, 0.15) is 73.4 Å². The highest BCUT2D eigenvalue weighted by molar-refractivity contribution is 6.31.